The number of carbonyl (C=O) groups is 1. The number of thiophene rings is 1. The maximum atomic E-state index is 11.3. The van der Waals surface area contributed by atoms with Crippen molar-refractivity contribution in [2.24, 2.45) is 10.2 Å². The van der Waals surface area contributed by atoms with Crippen LogP contribution in [0.25, 0.3) is 0 Å². The van der Waals surface area contributed by atoms with E-state index in [4.69, 9.17) is 0 Å². The summed E-state index contributed by atoms with van der Waals surface area (Å²) in [6.07, 6.45) is 2.56. The van der Waals surface area contributed by atoms with Crippen LogP contribution in [0.5, 0.6) is 0 Å². The van der Waals surface area contributed by atoms with Crippen LogP contribution in [0.3, 0.4) is 0 Å². The molecular weight excluding hydrogens is 196 g/mol. The van der Waals surface area contributed by atoms with Crippen molar-refractivity contribution < 1.29 is 4.79 Å². The van der Waals surface area contributed by atoms with E-state index in [1.165, 1.54) is 4.88 Å². The van der Waals surface area contributed by atoms with Crippen molar-refractivity contribution in [2.75, 3.05) is 0 Å². The molecule has 0 radical (unpaired) electrons. The van der Waals surface area contributed by atoms with Gasteiger partial charge in [0.2, 0.25) is 0 Å². The molecule has 1 aromatic heterocycles. The zero-order valence-electron chi connectivity index (χ0n) is 7.80. The summed E-state index contributed by atoms with van der Waals surface area (Å²) in [5.41, 5.74) is 0.759. The molecule has 1 amide bonds. The van der Waals surface area contributed by atoms with Crippen LogP contribution in [0, 0.1) is 0 Å². The van der Waals surface area contributed by atoms with Crippen LogP contribution in [0.15, 0.2) is 39.4 Å². The van der Waals surface area contributed by atoms with Crippen molar-refractivity contribution in [3.63, 3.8) is 0 Å². The monoisotopic (exact) mass is 206 g/mol. The molecule has 1 aliphatic rings. The van der Waals surface area contributed by atoms with Crippen molar-refractivity contribution in [1.82, 2.24) is 0 Å². The molecule has 0 N–H and O–H groups in total. The van der Waals surface area contributed by atoms with Gasteiger partial charge < -0.3 is 0 Å². The van der Waals surface area contributed by atoms with Crippen molar-refractivity contribution in [3.8, 4) is 0 Å². The first kappa shape index (κ1) is 9.27. The van der Waals surface area contributed by atoms with Crippen LogP contribution in [-0.2, 0) is 11.2 Å². The number of amides is 1. The fourth-order valence-corrected chi connectivity index (χ4v) is 2.07. The molecule has 1 unspecified atom stereocenters. The lowest BCUT2D eigenvalue weighted by Crippen LogP contribution is -2.10. The first-order chi connectivity index (χ1) is 6.75. The SMILES string of the molecule is CC1C=C(Cc2cccs2)C(=O)N=N1. The van der Waals surface area contributed by atoms with Gasteiger partial charge in [-0.2, -0.15) is 5.11 Å². The number of carbonyl (C=O) groups excluding carboxylic acids is 1. The lowest BCUT2D eigenvalue weighted by molar-refractivity contribution is -0.115. The largest absolute Gasteiger partial charge is 0.291 e. The van der Waals surface area contributed by atoms with E-state index >= 15 is 0 Å². The molecule has 0 aliphatic carbocycles. The number of rotatable bonds is 2. The molecular formula is C10H10N2OS. The Morgan fingerprint density at radius 1 is 1.57 bits per heavy atom. The Morgan fingerprint density at radius 3 is 3.14 bits per heavy atom. The van der Waals surface area contributed by atoms with Gasteiger partial charge in [-0.1, -0.05) is 6.07 Å². The Balaban J connectivity index is 2.15. The molecule has 0 aromatic carbocycles. The van der Waals surface area contributed by atoms with Gasteiger partial charge in [0.15, 0.2) is 0 Å². The molecule has 0 spiro atoms. The first-order valence-electron chi connectivity index (χ1n) is 4.44. The quantitative estimate of drug-likeness (QED) is 0.733. The van der Waals surface area contributed by atoms with Crippen molar-refractivity contribution in [3.05, 3.63) is 34.0 Å². The molecule has 2 heterocycles. The second-order valence-electron chi connectivity index (χ2n) is 3.21. The van der Waals surface area contributed by atoms with Gasteiger partial charge in [0.1, 0.15) is 0 Å². The van der Waals surface area contributed by atoms with E-state index in [2.05, 4.69) is 10.2 Å². The Labute approximate surface area is 86.2 Å². The maximum Gasteiger partial charge on any atom is 0.291 e. The number of azo groups is 1. The van der Waals surface area contributed by atoms with Gasteiger partial charge in [-0.15, -0.1) is 16.5 Å². The molecule has 4 heteroatoms. The second-order valence-corrected chi connectivity index (χ2v) is 4.24. The van der Waals surface area contributed by atoms with E-state index in [0.717, 1.165) is 5.57 Å². The van der Waals surface area contributed by atoms with Crippen LogP contribution in [0.2, 0.25) is 0 Å². The van der Waals surface area contributed by atoms with Gasteiger partial charge in [0, 0.05) is 16.9 Å². The zero-order chi connectivity index (χ0) is 9.97. The van der Waals surface area contributed by atoms with Crippen LogP contribution < -0.4 is 0 Å². The van der Waals surface area contributed by atoms with Crippen LogP contribution in [0.4, 0.5) is 0 Å². The minimum atomic E-state index is -0.198. The van der Waals surface area contributed by atoms with Crippen molar-refractivity contribution in [2.45, 2.75) is 19.4 Å². The van der Waals surface area contributed by atoms with E-state index in [-0.39, 0.29) is 11.9 Å². The predicted molar refractivity (Wildman–Crippen MR) is 55.4 cm³/mol. The van der Waals surface area contributed by atoms with Crippen LogP contribution >= 0.6 is 11.3 Å². The van der Waals surface area contributed by atoms with E-state index < -0.39 is 0 Å². The Kier molecular flexibility index (Phi) is 2.54. The number of hydrogen-bond acceptors (Lipinski definition) is 3. The minimum Gasteiger partial charge on any atom is -0.265 e. The lowest BCUT2D eigenvalue weighted by Gasteiger charge is -2.08. The highest BCUT2D eigenvalue weighted by Gasteiger charge is 2.15. The smallest absolute Gasteiger partial charge is 0.265 e. The summed E-state index contributed by atoms with van der Waals surface area (Å²) in [5.74, 6) is -0.198. The van der Waals surface area contributed by atoms with E-state index in [9.17, 15) is 4.79 Å². The average Bonchev–Trinajstić information content (AvgIpc) is 2.64. The highest BCUT2D eigenvalue weighted by Crippen LogP contribution is 2.18. The van der Waals surface area contributed by atoms with E-state index in [1.807, 2.05) is 30.5 Å². The second kappa shape index (κ2) is 3.84. The fourth-order valence-electron chi connectivity index (χ4n) is 1.34. The summed E-state index contributed by atoms with van der Waals surface area (Å²) >= 11 is 1.65. The molecule has 0 saturated carbocycles. The van der Waals surface area contributed by atoms with Gasteiger partial charge in [-0.3, -0.25) is 4.79 Å². The third-order valence-electron chi connectivity index (χ3n) is 1.99. The summed E-state index contributed by atoms with van der Waals surface area (Å²) in [7, 11) is 0. The predicted octanol–water partition coefficient (Wildman–Crippen LogP) is 2.60. The topological polar surface area (TPSA) is 41.8 Å². The van der Waals surface area contributed by atoms with Gasteiger partial charge in [-0.25, -0.2) is 0 Å². The minimum absolute atomic E-state index is 0.0302. The third kappa shape index (κ3) is 1.96. The molecule has 0 saturated heterocycles. The average molecular weight is 206 g/mol. The number of hydrogen-bond donors (Lipinski definition) is 0. The highest BCUT2D eigenvalue weighted by molar-refractivity contribution is 7.09. The van der Waals surface area contributed by atoms with E-state index in [1.54, 1.807) is 11.3 Å². The molecule has 1 atom stereocenters. The standard InChI is InChI=1S/C10H10N2OS/c1-7-5-8(10(13)12-11-7)6-9-3-2-4-14-9/h2-5,7H,6H2,1H3. The normalized spacial score (nSPS) is 21.1. The molecule has 0 fully saturated rings. The van der Waals surface area contributed by atoms with Crippen LogP contribution in [-0.4, -0.2) is 11.9 Å². The van der Waals surface area contributed by atoms with Crippen LogP contribution in [0.1, 0.15) is 11.8 Å². The molecule has 1 aliphatic heterocycles. The van der Waals surface area contributed by atoms with Gasteiger partial charge >= 0.3 is 0 Å². The molecule has 3 nitrogen and oxygen atoms in total. The molecule has 0 bridgehead atoms. The summed E-state index contributed by atoms with van der Waals surface area (Å²) in [6.45, 7) is 1.92. The van der Waals surface area contributed by atoms with Gasteiger partial charge in [-0.05, 0) is 24.4 Å². The van der Waals surface area contributed by atoms with Gasteiger partial charge in [0.25, 0.3) is 5.91 Å². The highest BCUT2D eigenvalue weighted by atomic mass is 32.1. The first-order valence-corrected chi connectivity index (χ1v) is 5.32. The van der Waals surface area contributed by atoms with Crippen molar-refractivity contribution in [1.29, 1.82) is 0 Å². The van der Waals surface area contributed by atoms with Crippen molar-refractivity contribution >= 4 is 17.2 Å². The van der Waals surface area contributed by atoms with Gasteiger partial charge in [0.05, 0.1) is 6.04 Å². The molecule has 2 rings (SSSR count). The third-order valence-corrected chi connectivity index (χ3v) is 2.87. The Morgan fingerprint density at radius 2 is 2.43 bits per heavy atom. The fraction of sp³-hybridized carbons (Fsp3) is 0.300. The summed E-state index contributed by atoms with van der Waals surface area (Å²) in [5, 5.41) is 9.40. The molecule has 72 valence electrons. The summed E-state index contributed by atoms with van der Waals surface area (Å²) in [4.78, 5) is 12.5. The lowest BCUT2D eigenvalue weighted by atomic mass is 10.1. The maximum absolute atomic E-state index is 11.3. The summed E-state index contributed by atoms with van der Waals surface area (Å²) < 4.78 is 0. The zero-order valence-corrected chi connectivity index (χ0v) is 8.62. The Hall–Kier alpha value is -1.29. The molecule has 14 heavy (non-hydrogen) atoms. The number of nitrogens with zero attached hydrogens (tertiary/aromatic N) is 2. The Bertz CT molecular complexity index is 392. The molecule has 1 aromatic rings. The summed E-state index contributed by atoms with van der Waals surface area (Å²) in [6, 6.07) is 4.04. The van der Waals surface area contributed by atoms with E-state index in [0.29, 0.717) is 6.42 Å².